The van der Waals surface area contributed by atoms with Gasteiger partial charge >= 0.3 is 6.18 Å². The summed E-state index contributed by atoms with van der Waals surface area (Å²) in [5.74, 6) is 0.145. The van der Waals surface area contributed by atoms with Crippen LogP contribution in [0.5, 0.6) is 0 Å². The number of aromatic nitrogens is 3. The van der Waals surface area contributed by atoms with Crippen LogP contribution in [0.25, 0.3) is 5.82 Å². The van der Waals surface area contributed by atoms with Gasteiger partial charge in [-0.2, -0.15) is 18.3 Å². The van der Waals surface area contributed by atoms with Crippen molar-refractivity contribution < 1.29 is 18.0 Å². The van der Waals surface area contributed by atoms with Gasteiger partial charge in [0.2, 0.25) is 0 Å². The lowest BCUT2D eigenvalue weighted by molar-refractivity contribution is -0.137. The Morgan fingerprint density at radius 2 is 1.90 bits per heavy atom. The first kappa shape index (κ1) is 22.9. The number of nitrogens with zero attached hydrogens (tertiary/aromatic N) is 4. The fourth-order valence-electron chi connectivity index (χ4n) is 3.31. The predicted molar refractivity (Wildman–Crippen MR) is 106 cm³/mol. The number of hydrogen-bond acceptors (Lipinski definition) is 3. The summed E-state index contributed by atoms with van der Waals surface area (Å²) in [6.45, 7) is 8.66. The molecule has 2 aromatic heterocycles. The molecule has 5 nitrogen and oxygen atoms in total. The van der Waals surface area contributed by atoms with E-state index in [0.717, 1.165) is 44.4 Å². The molecule has 0 aliphatic heterocycles. The largest absolute Gasteiger partial charge is 0.417 e. The Morgan fingerprint density at radius 3 is 2.45 bits per heavy atom. The Balaban J connectivity index is 2.28. The second-order valence-corrected chi connectivity index (χ2v) is 7.30. The summed E-state index contributed by atoms with van der Waals surface area (Å²) in [6.07, 6.45) is 2.75. The summed E-state index contributed by atoms with van der Waals surface area (Å²) in [7, 11) is 0. The van der Waals surface area contributed by atoms with Crippen molar-refractivity contribution in [3.05, 3.63) is 41.3 Å². The van der Waals surface area contributed by atoms with Crippen molar-refractivity contribution in [2.45, 2.75) is 72.0 Å². The molecule has 1 amide bonds. The first-order chi connectivity index (χ1) is 13.7. The molecule has 1 unspecified atom stereocenters. The molecular weight excluding hydrogens is 381 g/mol. The van der Waals surface area contributed by atoms with E-state index in [4.69, 9.17) is 0 Å². The molecule has 0 radical (unpaired) electrons. The summed E-state index contributed by atoms with van der Waals surface area (Å²) in [4.78, 5) is 19.0. The fraction of sp³-hybridized carbons (Fsp3) is 0.571. The summed E-state index contributed by atoms with van der Waals surface area (Å²) >= 11 is 0. The van der Waals surface area contributed by atoms with Crippen molar-refractivity contribution in [3.8, 4) is 5.82 Å². The minimum absolute atomic E-state index is 0.0993. The van der Waals surface area contributed by atoms with Gasteiger partial charge in [-0.05, 0) is 38.8 Å². The Hall–Kier alpha value is -2.38. The van der Waals surface area contributed by atoms with Gasteiger partial charge in [0.1, 0.15) is 0 Å². The van der Waals surface area contributed by atoms with Gasteiger partial charge in [0.25, 0.3) is 5.91 Å². The molecule has 0 bridgehead atoms. The third-order valence-corrected chi connectivity index (χ3v) is 5.03. The average molecular weight is 410 g/mol. The van der Waals surface area contributed by atoms with Gasteiger partial charge < -0.3 is 4.90 Å². The summed E-state index contributed by atoms with van der Waals surface area (Å²) in [5.41, 5.74) is 0.190. The number of alkyl halides is 3. The molecule has 29 heavy (non-hydrogen) atoms. The first-order valence-corrected chi connectivity index (χ1v) is 10.1. The van der Waals surface area contributed by atoms with Crippen LogP contribution in [0.15, 0.2) is 24.5 Å². The lowest BCUT2D eigenvalue weighted by Crippen LogP contribution is -2.39. The lowest BCUT2D eigenvalue weighted by atomic mass is 10.1. The highest BCUT2D eigenvalue weighted by molar-refractivity contribution is 5.95. The van der Waals surface area contributed by atoms with Crippen LogP contribution in [-0.4, -0.2) is 38.2 Å². The van der Waals surface area contributed by atoms with E-state index in [9.17, 15) is 18.0 Å². The van der Waals surface area contributed by atoms with Gasteiger partial charge in [0.15, 0.2) is 5.82 Å². The minimum Gasteiger partial charge on any atom is -0.336 e. The van der Waals surface area contributed by atoms with Crippen molar-refractivity contribution in [2.75, 3.05) is 6.54 Å². The van der Waals surface area contributed by atoms with Crippen molar-refractivity contribution in [1.29, 1.82) is 0 Å². The maximum Gasteiger partial charge on any atom is 0.417 e. The topological polar surface area (TPSA) is 51.0 Å². The number of halogens is 3. The zero-order valence-electron chi connectivity index (χ0n) is 17.5. The monoisotopic (exact) mass is 410 g/mol. The molecule has 0 aliphatic carbocycles. The zero-order valence-corrected chi connectivity index (χ0v) is 17.5. The Morgan fingerprint density at radius 1 is 1.17 bits per heavy atom. The summed E-state index contributed by atoms with van der Waals surface area (Å²) < 4.78 is 39.7. The molecule has 2 heterocycles. The van der Waals surface area contributed by atoms with Crippen LogP contribution in [0, 0.1) is 6.92 Å². The number of amides is 1. The van der Waals surface area contributed by atoms with E-state index in [-0.39, 0.29) is 17.8 Å². The van der Waals surface area contributed by atoms with Gasteiger partial charge in [0.05, 0.1) is 23.0 Å². The smallest absolute Gasteiger partial charge is 0.336 e. The van der Waals surface area contributed by atoms with Crippen LogP contribution in [-0.2, 0) is 6.18 Å². The summed E-state index contributed by atoms with van der Waals surface area (Å²) in [6, 6.07) is 2.33. The second-order valence-electron chi connectivity index (χ2n) is 7.30. The van der Waals surface area contributed by atoms with E-state index in [1.807, 2.05) is 11.8 Å². The number of pyridine rings is 1. The molecule has 1 atom stereocenters. The molecule has 160 valence electrons. The maximum absolute atomic E-state index is 13.2. The van der Waals surface area contributed by atoms with Gasteiger partial charge in [0, 0.05) is 18.8 Å². The number of carbonyl (C=O) groups excluding carboxylic acids is 1. The quantitative estimate of drug-likeness (QED) is 0.519. The maximum atomic E-state index is 13.2. The fourth-order valence-corrected chi connectivity index (χ4v) is 3.31. The molecular formula is C21H29F3N4O. The summed E-state index contributed by atoms with van der Waals surface area (Å²) in [5, 5.41) is 4.21. The Bertz CT molecular complexity index is 799. The van der Waals surface area contributed by atoms with Gasteiger partial charge in [-0.15, -0.1) is 0 Å². The van der Waals surface area contributed by atoms with E-state index in [1.54, 1.807) is 6.92 Å². The SMILES string of the molecule is CCCCCN(C(=O)c1cnn(-c2ccc(C(F)(F)F)cn2)c1C)C(C)CCC. The number of hydrogen-bond donors (Lipinski definition) is 0. The normalized spacial score (nSPS) is 12.8. The van der Waals surface area contributed by atoms with Crippen molar-refractivity contribution in [1.82, 2.24) is 19.7 Å². The highest BCUT2D eigenvalue weighted by Crippen LogP contribution is 2.29. The van der Waals surface area contributed by atoms with E-state index < -0.39 is 11.7 Å². The molecule has 2 aromatic rings. The molecule has 8 heteroatoms. The molecule has 0 fully saturated rings. The van der Waals surface area contributed by atoms with Crippen LogP contribution in [0.2, 0.25) is 0 Å². The number of rotatable bonds is 9. The van der Waals surface area contributed by atoms with Crippen LogP contribution >= 0.6 is 0 Å². The van der Waals surface area contributed by atoms with Crippen molar-refractivity contribution in [3.63, 3.8) is 0 Å². The third kappa shape index (κ3) is 5.58. The molecule has 0 spiro atoms. The molecule has 0 saturated heterocycles. The average Bonchev–Trinajstić information content (AvgIpc) is 3.06. The molecule has 0 N–H and O–H groups in total. The number of unbranched alkanes of at least 4 members (excludes halogenated alkanes) is 2. The van der Waals surface area contributed by atoms with Crippen LogP contribution < -0.4 is 0 Å². The lowest BCUT2D eigenvalue weighted by Gasteiger charge is -2.29. The standard InChI is InChI=1S/C21H29F3N4O/c1-5-7-8-12-27(15(3)9-6-2)20(29)18-14-26-28(16(18)4)19-11-10-17(13-25-19)21(22,23)24/h10-11,13-15H,5-9,12H2,1-4H3. The Kier molecular flexibility index (Phi) is 7.81. The van der Waals surface area contributed by atoms with Gasteiger partial charge in [-0.1, -0.05) is 33.1 Å². The first-order valence-electron chi connectivity index (χ1n) is 10.1. The highest BCUT2D eigenvalue weighted by Gasteiger charge is 2.31. The van der Waals surface area contributed by atoms with E-state index in [0.29, 0.717) is 17.8 Å². The van der Waals surface area contributed by atoms with E-state index >= 15 is 0 Å². The molecule has 0 aromatic carbocycles. The van der Waals surface area contributed by atoms with E-state index in [2.05, 4.69) is 23.9 Å². The van der Waals surface area contributed by atoms with Crippen LogP contribution in [0.3, 0.4) is 0 Å². The Labute approximate surface area is 169 Å². The molecule has 2 rings (SSSR count). The predicted octanol–water partition coefficient (Wildman–Crippen LogP) is 5.42. The zero-order chi connectivity index (χ0) is 21.6. The van der Waals surface area contributed by atoms with E-state index in [1.165, 1.54) is 16.9 Å². The second kappa shape index (κ2) is 9.89. The van der Waals surface area contributed by atoms with Crippen molar-refractivity contribution in [2.24, 2.45) is 0 Å². The minimum atomic E-state index is -4.44. The highest BCUT2D eigenvalue weighted by atomic mass is 19.4. The van der Waals surface area contributed by atoms with Crippen molar-refractivity contribution >= 4 is 5.91 Å². The molecule has 0 aliphatic rings. The van der Waals surface area contributed by atoms with Crippen LogP contribution in [0.1, 0.15) is 74.5 Å². The van der Waals surface area contributed by atoms with Gasteiger partial charge in [-0.3, -0.25) is 4.79 Å². The molecule has 0 saturated carbocycles. The van der Waals surface area contributed by atoms with Gasteiger partial charge in [-0.25, -0.2) is 9.67 Å². The third-order valence-electron chi connectivity index (χ3n) is 5.03. The van der Waals surface area contributed by atoms with Crippen LogP contribution in [0.4, 0.5) is 13.2 Å². The number of carbonyl (C=O) groups is 1.